The number of hydrogen-bond donors (Lipinski definition) is 1. The van der Waals surface area contributed by atoms with E-state index >= 15 is 0 Å². The van der Waals surface area contributed by atoms with Crippen molar-refractivity contribution in [1.82, 2.24) is 10.2 Å². The van der Waals surface area contributed by atoms with Crippen LogP contribution in [0.3, 0.4) is 0 Å². The summed E-state index contributed by atoms with van der Waals surface area (Å²) in [7, 11) is 0. The Balaban J connectivity index is 1.60. The monoisotopic (exact) mass is 400 g/mol. The molecule has 1 N–H and O–H groups in total. The van der Waals surface area contributed by atoms with E-state index in [2.05, 4.69) is 39.7 Å². The number of carbonyl (C=O) groups excluding carboxylic acids is 1. The van der Waals surface area contributed by atoms with Gasteiger partial charge >= 0.3 is 0 Å². The first-order valence-corrected chi connectivity index (χ1v) is 8.99. The van der Waals surface area contributed by atoms with Crippen LogP contribution < -0.4 is 5.32 Å². The van der Waals surface area contributed by atoms with Gasteiger partial charge in [-0.05, 0) is 85.5 Å². The first-order valence-electron chi connectivity index (χ1n) is 7.91. The van der Waals surface area contributed by atoms with Crippen LogP contribution in [0.15, 0.2) is 24.3 Å². The SMILES string of the molecule is CC1CCCN(CCCCNC(=O)c2cccc(I)c2)C1. The van der Waals surface area contributed by atoms with Crippen molar-refractivity contribution >= 4 is 28.5 Å². The molecule has 0 radical (unpaired) electrons. The van der Waals surface area contributed by atoms with Crippen LogP contribution >= 0.6 is 22.6 Å². The summed E-state index contributed by atoms with van der Waals surface area (Å²) >= 11 is 2.23. The van der Waals surface area contributed by atoms with Gasteiger partial charge in [0.15, 0.2) is 0 Å². The van der Waals surface area contributed by atoms with Crippen molar-refractivity contribution in [2.45, 2.75) is 32.6 Å². The third-order valence-corrected chi connectivity index (χ3v) is 4.69. The normalized spacial score (nSPS) is 19.4. The molecule has 21 heavy (non-hydrogen) atoms. The van der Waals surface area contributed by atoms with Gasteiger partial charge in [0.25, 0.3) is 5.91 Å². The molecule has 1 atom stereocenters. The molecule has 1 heterocycles. The fourth-order valence-electron chi connectivity index (χ4n) is 2.88. The lowest BCUT2D eigenvalue weighted by molar-refractivity contribution is 0.0952. The lowest BCUT2D eigenvalue weighted by Gasteiger charge is -2.30. The molecule has 3 nitrogen and oxygen atoms in total. The Labute approximate surface area is 141 Å². The zero-order valence-corrected chi connectivity index (χ0v) is 14.9. The summed E-state index contributed by atoms with van der Waals surface area (Å²) in [6.07, 6.45) is 4.94. The molecule has 116 valence electrons. The summed E-state index contributed by atoms with van der Waals surface area (Å²) < 4.78 is 1.10. The maximum absolute atomic E-state index is 12.0. The van der Waals surface area contributed by atoms with Crippen molar-refractivity contribution in [1.29, 1.82) is 0 Å². The lowest BCUT2D eigenvalue weighted by atomic mass is 10.0. The highest BCUT2D eigenvalue weighted by atomic mass is 127. The minimum Gasteiger partial charge on any atom is -0.352 e. The van der Waals surface area contributed by atoms with Gasteiger partial charge in [-0.15, -0.1) is 0 Å². The minimum atomic E-state index is 0.0418. The van der Waals surface area contributed by atoms with Crippen molar-refractivity contribution in [3.05, 3.63) is 33.4 Å². The quantitative estimate of drug-likeness (QED) is 0.586. The molecule has 1 aromatic rings. The largest absolute Gasteiger partial charge is 0.352 e. The third-order valence-electron chi connectivity index (χ3n) is 4.01. The summed E-state index contributed by atoms with van der Waals surface area (Å²) in [6.45, 7) is 6.78. The summed E-state index contributed by atoms with van der Waals surface area (Å²) in [5.41, 5.74) is 0.756. The molecule has 0 aromatic heterocycles. The lowest BCUT2D eigenvalue weighted by Crippen LogP contribution is -2.35. The number of piperidine rings is 1. The summed E-state index contributed by atoms with van der Waals surface area (Å²) in [6, 6.07) is 7.71. The van der Waals surface area contributed by atoms with Crippen LogP contribution in [0.1, 0.15) is 43.0 Å². The Morgan fingerprint density at radius 2 is 2.29 bits per heavy atom. The maximum atomic E-state index is 12.0. The van der Waals surface area contributed by atoms with Gasteiger partial charge in [0.1, 0.15) is 0 Å². The predicted molar refractivity (Wildman–Crippen MR) is 95.6 cm³/mol. The second kappa shape index (κ2) is 8.73. The molecule has 0 aliphatic carbocycles. The smallest absolute Gasteiger partial charge is 0.251 e. The molecular formula is C17H25IN2O. The van der Waals surface area contributed by atoms with Crippen molar-refractivity contribution in [2.75, 3.05) is 26.2 Å². The van der Waals surface area contributed by atoms with Gasteiger partial charge in [-0.25, -0.2) is 0 Å². The van der Waals surface area contributed by atoms with E-state index in [0.717, 1.165) is 28.0 Å². The first kappa shape index (κ1) is 16.7. The number of rotatable bonds is 6. The van der Waals surface area contributed by atoms with Crippen molar-refractivity contribution < 1.29 is 4.79 Å². The van der Waals surface area contributed by atoms with Crippen LogP contribution in [0.4, 0.5) is 0 Å². The topological polar surface area (TPSA) is 32.3 Å². The average molecular weight is 400 g/mol. The molecule has 1 saturated heterocycles. The fraction of sp³-hybridized carbons (Fsp3) is 0.588. The Bertz CT molecular complexity index is 464. The van der Waals surface area contributed by atoms with E-state index in [-0.39, 0.29) is 5.91 Å². The minimum absolute atomic E-state index is 0.0418. The highest BCUT2D eigenvalue weighted by Crippen LogP contribution is 2.15. The third kappa shape index (κ3) is 5.94. The Morgan fingerprint density at radius 1 is 1.43 bits per heavy atom. The van der Waals surface area contributed by atoms with Gasteiger partial charge in [-0.1, -0.05) is 13.0 Å². The standard InChI is InChI=1S/C17H25IN2O/c1-14-6-5-11-20(13-14)10-3-2-9-19-17(21)15-7-4-8-16(18)12-15/h4,7-8,12,14H,2-3,5-6,9-11,13H2,1H3,(H,19,21). The number of nitrogens with one attached hydrogen (secondary N) is 1. The van der Waals surface area contributed by atoms with Gasteiger partial charge in [0, 0.05) is 22.2 Å². The number of benzene rings is 1. The fourth-order valence-corrected chi connectivity index (χ4v) is 3.43. The van der Waals surface area contributed by atoms with Crippen LogP contribution in [0.5, 0.6) is 0 Å². The van der Waals surface area contributed by atoms with Gasteiger partial charge in [0.05, 0.1) is 0 Å². The number of unbranched alkanes of at least 4 members (excludes halogenated alkanes) is 1. The van der Waals surface area contributed by atoms with Crippen LogP contribution in [-0.2, 0) is 0 Å². The number of likely N-dealkylation sites (tertiary alicyclic amines) is 1. The zero-order chi connectivity index (χ0) is 15.1. The second-order valence-corrected chi connectivity index (χ2v) is 7.27. The van der Waals surface area contributed by atoms with E-state index in [4.69, 9.17) is 0 Å². The Kier molecular flexibility index (Phi) is 6.96. The van der Waals surface area contributed by atoms with Crippen LogP contribution in [0, 0.1) is 9.49 Å². The number of carbonyl (C=O) groups is 1. The number of amides is 1. The molecule has 1 aromatic carbocycles. The van der Waals surface area contributed by atoms with E-state index in [1.165, 1.54) is 38.9 Å². The van der Waals surface area contributed by atoms with Crippen LogP contribution in [0.2, 0.25) is 0 Å². The van der Waals surface area contributed by atoms with Crippen LogP contribution in [-0.4, -0.2) is 37.0 Å². The molecule has 1 aliphatic heterocycles. The summed E-state index contributed by atoms with van der Waals surface area (Å²) in [5, 5.41) is 3.01. The van der Waals surface area contributed by atoms with Crippen molar-refractivity contribution in [3.63, 3.8) is 0 Å². The zero-order valence-electron chi connectivity index (χ0n) is 12.8. The molecule has 1 aliphatic rings. The van der Waals surface area contributed by atoms with E-state index < -0.39 is 0 Å². The molecule has 0 saturated carbocycles. The molecule has 4 heteroatoms. The highest BCUT2D eigenvalue weighted by Gasteiger charge is 2.15. The highest BCUT2D eigenvalue weighted by molar-refractivity contribution is 14.1. The average Bonchev–Trinajstić information content (AvgIpc) is 2.47. The van der Waals surface area contributed by atoms with E-state index in [9.17, 15) is 4.79 Å². The van der Waals surface area contributed by atoms with Crippen molar-refractivity contribution in [2.24, 2.45) is 5.92 Å². The maximum Gasteiger partial charge on any atom is 0.251 e. The summed E-state index contributed by atoms with van der Waals surface area (Å²) in [5.74, 6) is 0.888. The predicted octanol–water partition coefficient (Wildman–Crippen LogP) is 3.53. The van der Waals surface area contributed by atoms with E-state index in [0.29, 0.717) is 0 Å². The molecule has 0 spiro atoms. The van der Waals surface area contributed by atoms with Gasteiger partial charge < -0.3 is 10.2 Å². The first-order chi connectivity index (χ1) is 10.1. The van der Waals surface area contributed by atoms with Gasteiger partial charge in [0.2, 0.25) is 0 Å². The Morgan fingerprint density at radius 3 is 3.05 bits per heavy atom. The number of hydrogen-bond acceptors (Lipinski definition) is 2. The molecule has 1 amide bonds. The molecular weight excluding hydrogens is 375 g/mol. The number of nitrogens with zero attached hydrogens (tertiary/aromatic N) is 1. The van der Waals surface area contributed by atoms with Crippen LogP contribution in [0.25, 0.3) is 0 Å². The van der Waals surface area contributed by atoms with Gasteiger partial charge in [-0.3, -0.25) is 4.79 Å². The summed E-state index contributed by atoms with van der Waals surface area (Å²) in [4.78, 5) is 14.5. The van der Waals surface area contributed by atoms with Gasteiger partial charge in [-0.2, -0.15) is 0 Å². The number of halogens is 1. The molecule has 1 fully saturated rings. The van der Waals surface area contributed by atoms with E-state index in [1.807, 2.05) is 24.3 Å². The Hall–Kier alpha value is -0.620. The van der Waals surface area contributed by atoms with Crippen molar-refractivity contribution in [3.8, 4) is 0 Å². The van der Waals surface area contributed by atoms with E-state index in [1.54, 1.807) is 0 Å². The second-order valence-electron chi connectivity index (χ2n) is 6.02. The molecule has 2 rings (SSSR count). The molecule has 1 unspecified atom stereocenters. The molecule has 0 bridgehead atoms.